The second-order valence-corrected chi connectivity index (χ2v) is 7.82. The molecule has 1 aromatic heterocycles. The van der Waals surface area contributed by atoms with Crippen LogP contribution in [0.15, 0.2) is 40.9 Å². The summed E-state index contributed by atoms with van der Waals surface area (Å²) in [6, 6.07) is 7.12. The molecule has 2 aliphatic rings. The first-order chi connectivity index (χ1) is 12.5. The van der Waals surface area contributed by atoms with Crippen LogP contribution in [-0.4, -0.2) is 35.1 Å². The van der Waals surface area contributed by atoms with Crippen LogP contribution in [0.25, 0.3) is 0 Å². The van der Waals surface area contributed by atoms with Crippen molar-refractivity contribution in [1.29, 1.82) is 0 Å². The number of nitrogens with zero attached hydrogens (tertiary/aromatic N) is 2. The van der Waals surface area contributed by atoms with Crippen molar-refractivity contribution in [2.24, 2.45) is 0 Å². The number of benzene rings is 1. The lowest BCUT2D eigenvalue weighted by Crippen LogP contribution is -2.37. The number of hydrogen-bond acceptors (Lipinski definition) is 4. The van der Waals surface area contributed by atoms with Crippen molar-refractivity contribution < 1.29 is 9.32 Å². The lowest BCUT2D eigenvalue weighted by Gasteiger charge is -2.17. The van der Waals surface area contributed by atoms with Crippen molar-refractivity contribution in [1.82, 2.24) is 15.4 Å². The molecular weight excluding hydrogens is 373 g/mol. The first-order valence-corrected chi connectivity index (χ1v) is 9.36. The molecule has 136 valence electrons. The Bertz CT molecular complexity index is 860. The van der Waals surface area contributed by atoms with Crippen LogP contribution in [0.1, 0.15) is 40.6 Å². The number of likely N-dealkylation sites (tertiary alicyclic amines) is 1. The highest BCUT2D eigenvalue weighted by Gasteiger charge is 2.31. The molecule has 2 fully saturated rings. The van der Waals surface area contributed by atoms with Crippen LogP contribution in [0.4, 0.5) is 0 Å². The van der Waals surface area contributed by atoms with E-state index in [2.05, 4.69) is 22.0 Å². The van der Waals surface area contributed by atoms with Gasteiger partial charge in [-0.25, -0.2) is 0 Å². The SMILES string of the molecule is C=C1CN(Cc2ccc(Cl)cc2Cl)C[C@H]1NC(=O)c1cc(C2CC2)on1. The maximum absolute atomic E-state index is 12.4. The molecule has 0 bridgehead atoms. The molecular formula is C19H19Cl2N3O2. The van der Waals surface area contributed by atoms with Crippen molar-refractivity contribution in [2.75, 3.05) is 13.1 Å². The molecule has 1 N–H and O–H groups in total. The Morgan fingerprint density at radius 2 is 2.15 bits per heavy atom. The summed E-state index contributed by atoms with van der Waals surface area (Å²) in [5, 5.41) is 8.15. The van der Waals surface area contributed by atoms with Gasteiger partial charge in [-0.1, -0.05) is 41.0 Å². The number of carbonyl (C=O) groups excluding carboxylic acids is 1. The van der Waals surface area contributed by atoms with E-state index in [1.807, 2.05) is 12.1 Å². The number of halogens is 2. The van der Waals surface area contributed by atoms with Crippen LogP contribution in [0, 0.1) is 0 Å². The fraction of sp³-hybridized carbons (Fsp3) is 0.368. The summed E-state index contributed by atoms with van der Waals surface area (Å²) < 4.78 is 5.25. The van der Waals surface area contributed by atoms with E-state index in [-0.39, 0.29) is 11.9 Å². The number of rotatable bonds is 5. The van der Waals surface area contributed by atoms with Gasteiger partial charge in [0, 0.05) is 41.7 Å². The van der Waals surface area contributed by atoms with Gasteiger partial charge in [0.05, 0.1) is 6.04 Å². The predicted octanol–water partition coefficient (Wildman–Crippen LogP) is 4.03. The average Bonchev–Trinajstić information content (AvgIpc) is 3.22. The fourth-order valence-corrected chi connectivity index (χ4v) is 3.67. The Hall–Kier alpha value is -1.82. The van der Waals surface area contributed by atoms with Crippen molar-refractivity contribution in [2.45, 2.75) is 31.3 Å². The molecule has 1 aliphatic heterocycles. The van der Waals surface area contributed by atoms with E-state index >= 15 is 0 Å². The monoisotopic (exact) mass is 391 g/mol. The van der Waals surface area contributed by atoms with Crippen molar-refractivity contribution >= 4 is 29.1 Å². The number of hydrogen-bond donors (Lipinski definition) is 1. The number of carbonyl (C=O) groups is 1. The lowest BCUT2D eigenvalue weighted by atomic mass is 10.2. The molecule has 0 radical (unpaired) electrons. The third kappa shape index (κ3) is 3.80. The van der Waals surface area contributed by atoms with Gasteiger partial charge in [0.25, 0.3) is 5.91 Å². The minimum absolute atomic E-state index is 0.116. The summed E-state index contributed by atoms with van der Waals surface area (Å²) in [5.41, 5.74) is 2.30. The number of aromatic nitrogens is 1. The van der Waals surface area contributed by atoms with Crippen molar-refractivity contribution in [3.05, 3.63) is 63.5 Å². The van der Waals surface area contributed by atoms with Gasteiger partial charge in [-0.15, -0.1) is 0 Å². The highest BCUT2D eigenvalue weighted by Crippen LogP contribution is 2.40. The van der Waals surface area contributed by atoms with Crippen LogP contribution in [0.2, 0.25) is 10.0 Å². The second kappa shape index (κ2) is 7.06. The zero-order valence-corrected chi connectivity index (χ0v) is 15.7. The lowest BCUT2D eigenvalue weighted by molar-refractivity contribution is 0.0932. The molecule has 1 aliphatic carbocycles. The van der Waals surface area contributed by atoms with Gasteiger partial charge in [0.15, 0.2) is 5.69 Å². The normalized spacial score (nSPS) is 20.5. The third-order valence-corrected chi connectivity index (χ3v) is 5.40. The molecule has 26 heavy (non-hydrogen) atoms. The molecule has 5 nitrogen and oxygen atoms in total. The van der Waals surface area contributed by atoms with E-state index in [1.54, 1.807) is 12.1 Å². The molecule has 0 spiro atoms. The largest absolute Gasteiger partial charge is 0.360 e. The Morgan fingerprint density at radius 1 is 1.35 bits per heavy atom. The van der Waals surface area contributed by atoms with Gasteiger partial charge in [-0.2, -0.15) is 0 Å². The molecule has 1 saturated carbocycles. The van der Waals surface area contributed by atoms with Gasteiger partial charge in [-0.3, -0.25) is 9.69 Å². The Balaban J connectivity index is 1.37. The standard InChI is InChI=1S/C19H19Cl2N3O2/c1-11-8-24(9-13-4-5-14(20)6-15(13)21)10-17(11)22-19(25)16-7-18(26-23-16)12-2-3-12/h4-7,12,17H,1-3,8-10H2,(H,22,25)/t17-/m1/s1. The highest BCUT2D eigenvalue weighted by atomic mass is 35.5. The average molecular weight is 392 g/mol. The van der Waals surface area contributed by atoms with Crippen LogP contribution in [0.5, 0.6) is 0 Å². The van der Waals surface area contributed by atoms with E-state index < -0.39 is 0 Å². The van der Waals surface area contributed by atoms with Crippen LogP contribution >= 0.6 is 23.2 Å². The first-order valence-electron chi connectivity index (χ1n) is 8.61. The number of amides is 1. The molecule has 1 amide bonds. The molecule has 1 saturated heterocycles. The number of nitrogens with one attached hydrogen (secondary N) is 1. The quantitative estimate of drug-likeness (QED) is 0.781. The predicted molar refractivity (Wildman–Crippen MR) is 101 cm³/mol. The maximum Gasteiger partial charge on any atom is 0.273 e. The molecule has 1 aromatic carbocycles. The Labute approximate surface area is 161 Å². The Kier molecular flexibility index (Phi) is 4.78. The Morgan fingerprint density at radius 3 is 2.88 bits per heavy atom. The van der Waals surface area contributed by atoms with Crippen LogP contribution in [0.3, 0.4) is 0 Å². The summed E-state index contributed by atoms with van der Waals surface area (Å²) in [4.78, 5) is 14.6. The molecule has 2 heterocycles. The summed E-state index contributed by atoms with van der Waals surface area (Å²) >= 11 is 12.2. The zero-order valence-electron chi connectivity index (χ0n) is 14.2. The van der Waals surface area contributed by atoms with E-state index in [4.69, 9.17) is 27.7 Å². The molecule has 1 atom stereocenters. The van der Waals surface area contributed by atoms with Gasteiger partial charge in [0.1, 0.15) is 5.76 Å². The summed E-state index contributed by atoms with van der Waals surface area (Å²) in [7, 11) is 0. The second-order valence-electron chi connectivity index (χ2n) is 6.98. The fourth-order valence-electron chi connectivity index (χ4n) is 3.20. The van der Waals surface area contributed by atoms with Crippen molar-refractivity contribution in [3.8, 4) is 0 Å². The third-order valence-electron chi connectivity index (χ3n) is 4.82. The smallest absolute Gasteiger partial charge is 0.273 e. The molecule has 4 rings (SSSR count). The minimum atomic E-state index is -0.224. The van der Waals surface area contributed by atoms with Gasteiger partial charge in [0.2, 0.25) is 0 Å². The van der Waals surface area contributed by atoms with Gasteiger partial charge < -0.3 is 9.84 Å². The first kappa shape index (κ1) is 17.6. The van der Waals surface area contributed by atoms with E-state index in [0.29, 0.717) is 41.3 Å². The van der Waals surface area contributed by atoms with E-state index in [1.165, 1.54) is 0 Å². The van der Waals surface area contributed by atoms with Crippen LogP contribution < -0.4 is 5.32 Å². The summed E-state index contributed by atoms with van der Waals surface area (Å²) in [6.07, 6.45) is 2.22. The molecule has 2 aromatic rings. The summed E-state index contributed by atoms with van der Waals surface area (Å²) in [6.45, 7) is 6.16. The topological polar surface area (TPSA) is 58.4 Å². The highest BCUT2D eigenvalue weighted by molar-refractivity contribution is 6.35. The van der Waals surface area contributed by atoms with E-state index in [9.17, 15) is 4.79 Å². The van der Waals surface area contributed by atoms with Crippen molar-refractivity contribution in [3.63, 3.8) is 0 Å². The van der Waals surface area contributed by atoms with Crippen LogP contribution in [-0.2, 0) is 6.54 Å². The zero-order chi connectivity index (χ0) is 18.3. The van der Waals surface area contributed by atoms with E-state index in [0.717, 1.165) is 29.7 Å². The molecule has 7 heteroatoms. The minimum Gasteiger partial charge on any atom is -0.360 e. The maximum atomic E-state index is 12.4. The summed E-state index contributed by atoms with van der Waals surface area (Å²) in [5.74, 6) is 1.02. The van der Waals surface area contributed by atoms with Gasteiger partial charge >= 0.3 is 0 Å². The van der Waals surface area contributed by atoms with Gasteiger partial charge in [-0.05, 0) is 36.1 Å². The molecule has 0 unspecified atom stereocenters.